The van der Waals surface area contributed by atoms with Crippen LogP contribution in [0.2, 0.25) is 0 Å². The Morgan fingerprint density at radius 3 is 2.19 bits per heavy atom. The first-order valence-corrected chi connectivity index (χ1v) is 15.0. The molecule has 0 saturated heterocycles. The molecule has 0 radical (unpaired) electrons. The topological polar surface area (TPSA) is 124 Å². The third-order valence-corrected chi connectivity index (χ3v) is 7.31. The largest absolute Gasteiger partial charge is 0.487 e. The number of hydrogen-bond acceptors (Lipinski definition) is 8. The number of aliphatic hydroxyl groups excluding tert-OH is 2. The maximum Gasteiger partial charge on any atom is 0.332 e. The van der Waals surface area contributed by atoms with Crippen LogP contribution in [0.3, 0.4) is 0 Å². The molecule has 0 fully saturated rings. The fourth-order valence-corrected chi connectivity index (χ4v) is 5.12. The van der Waals surface area contributed by atoms with Gasteiger partial charge in [-0.15, -0.1) is 0 Å². The van der Waals surface area contributed by atoms with Gasteiger partial charge in [-0.3, -0.25) is 18.8 Å². The molecule has 43 heavy (non-hydrogen) atoms. The molecular formula is C32H43N5O6. The molecule has 232 valence electrons. The van der Waals surface area contributed by atoms with Crippen LogP contribution in [0.1, 0.15) is 39.2 Å². The molecule has 0 aliphatic rings. The summed E-state index contributed by atoms with van der Waals surface area (Å²) < 4.78 is 16.2. The van der Waals surface area contributed by atoms with E-state index in [9.17, 15) is 19.8 Å². The number of nitrogens with zero attached hydrogens (tertiary/aromatic N) is 5. The van der Waals surface area contributed by atoms with Gasteiger partial charge in [0.15, 0.2) is 22.7 Å². The van der Waals surface area contributed by atoms with Gasteiger partial charge in [0.2, 0.25) is 0 Å². The van der Waals surface area contributed by atoms with E-state index < -0.39 is 17.8 Å². The second-order valence-corrected chi connectivity index (χ2v) is 10.6. The van der Waals surface area contributed by atoms with E-state index in [-0.39, 0.29) is 31.9 Å². The van der Waals surface area contributed by atoms with Gasteiger partial charge in [0.1, 0.15) is 19.3 Å². The predicted octanol–water partition coefficient (Wildman–Crippen LogP) is 2.88. The minimum Gasteiger partial charge on any atom is -0.487 e. The Hall–Kier alpha value is -3.93. The van der Waals surface area contributed by atoms with Crippen molar-refractivity contribution in [2.75, 3.05) is 26.2 Å². The Morgan fingerprint density at radius 1 is 0.860 bits per heavy atom. The monoisotopic (exact) mass is 593 g/mol. The molecule has 2 N–H and O–H groups in total. The lowest BCUT2D eigenvalue weighted by molar-refractivity contribution is 0.0404. The van der Waals surface area contributed by atoms with Gasteiger partial charge in [0.05, 0.1) is 19.0 Å². The van der Waals surface area contributed by atoms with Crippen LogP contribution in [0.15, 0.2) is 70.5 Å². The molecular weight excluding hydrogens is 550 g/mol. The van der Waals surface area contributed by atoms with Crippen LogP contribution in [0.25, 0.3) is 11.2 Å². The lowest BCUT2D eigenvalue weighted by atomic mass is 10.2. The fourth-order valence-electron chi connectivity index (χ4n) is 5.12. The van der Waals surface area contributed by atoms with Crippen molar-refractivity contribution in [1.29, 1.82) is 0 Å². The van der Waals surface area contributed by atoms with E-state index in [1.165, 1.54) is 15.5 Å². The van der Waals surface area contributed by atoms with Gasteiger partial charge >= 0.3 is 5.69 Å². The number of unbranched alkanes of at least 4 members (excludes halogenated alkanes) is 1. The van der Waals surface area contributed by atoms with Crippen molar-refractivity contribution in [1.82, 2.24) is 23.6 Å². The Bertz CT molecular complexity index is 1560. The lowest BCUT2D eigenvalue weighted by Crippen LogP contribution is -2.42. The molecule has 2 aromatic carbocycles. The van der Waals surface area contributed by atoms with E-state index in [2.05, 4.69) is 11.9 Å². The molecule has 4 aromatic rings. The summed E-state index contributed by atoms with van der Waals surface area (Å²) in [6.07, 6.45) is 1.70. The van der Waals surface area contributed by atoms with Crippen molar-refractivity contribution >= 4 is 11.2 Å². The first-order chi connectivity index (χ1) is 20.9. The second-order valence-electron chi connectivity index (χ2n) is 10.6. The van der Waals surface area contributed by atoms with E-state index in [0.717, 1.165) is 18.4 Å². The lowest BCUT2D eigenvalue weighted by Gasteiger charge is -2.27. The highest BCUT2D eigenvalue weighted by Crippen LogP contribution is 2.27. The summed E-state index contributed by atoms with van der Waals surface area (Å²) in [6.45, 7) is 8.14. The fraction of sp³-hybridized carbons (Fsp3) is 0.469. The molecule has 11 heteroatoms. The first-order valence-electron chi connectivity index (χ1n) is 15.0. The standard InChI is InChI=1S/C32H43N5O6/c1-4-7-17-34(18-25(38)20-35-23-33-30-29(35)31(40)37(6-3)32(41)36(30)5-2)19-26(39)22-43-28-16-12-11-15-27(28)42-21-24-13-9-8-10-14-24/h8-16,23,25-26,38-39H,4-7,17-22H2,1-3H3. The molecule has 0 saturated carbocycles. The van der Waals surface area contributed by atoms with E-state index in [4.69, 9.17) is 9.47 Å². The molecule has 2 heterocycles. The number of aliphatic hydroxyl groups is 2. The van der Waals surface area contributed by atoms with Crippen molar-refractivity contribution in [3.05, 3.63) is 87.3 Å². The number of fused-ring (bicyclic) bond motifs is 1. The summed E-state index contributed by atoms with van der Waals surface area (Å²) in [5, 5.41) is 21.9. The zero-order valence-corrected chi connectivity index (χ0v) is 25.3. The van der Waals surface area contributed by atoms with E-state index in [1.54, 1.807) is 11.5 Å². The summed E-state index contributed by atoms with van der Waals surface area (Å²) in [6, 6.07) is 17.2. The Kier molecular flexibility index (Phi) is 11.5. The second kappa shape index (κ2) is 15.5. The highest BCUT2D eigenvalue weighted by Gasteiger charge is 2.21. The van der Waals surface area contributed by atoms with Crippen molar-refractivity contribution in [3.8, 4) is 11.5 Å². The molecule has 2 unspecified atom stereocenters. The van der Waals surface area contributed by atoms with Crippen LogP contribution in [0.5, 0.6) is 11.5 Å². The van der Waals surface area contributed by atoms with E-state index >= 15 is 0 Å². The maximum absolute atomic E-state index is 13.1. The van der Waals surface area contributed by atoms with Crippen molar-refractivity contribution in [2.24, 2.45) is 0 Å². The molecule has 4 rings (SSSR count). The van der Waals surface area contributed by atoms with Crippen LogP contribution in [-0.2, 0) is 26.2 Å². The molecule has 0 amide bonds. The minimum absolute atomic E-state index is 0.0572. The van der Waals surface area contributed by atoms with Crippen LogP contribution < -0.4 is 20.7 Å². The van der Waals surface area contributed by atoms with Crippen LogP contribution in [0, 0.1) is 0 Å². The van der Waals surface area contributed by atoms with Crippen molar-refractivity contribution in [2.45, 2.75) is 72.1 Å². The minimum atomic E-state index is -0.842. The number of imidazole rings is 1. The third-order valence-electron chi connectivity index (χ3n) is 7.31. The zero-order chi connectivity index (χ0) is 30.8. The summed E-state index contributed by atoms with van der Waals surface area (Å²) in [5.41, 5.74) is 0.852. The molecule has 0 bridgehead atoms. The molecule has 0 aliphatic heterocycles. The SMILES string of the molecule is CCCCN(CC(O)COc1ccccc1OCc1ccccc1)CC(O)Cn1cnc2c1c(=O)n(CC)c(=O)n2CC. The van der Waals surface area contributed by atoms with Crippen LogP contribution in [-0.4, -0.2) is 72.2 Å². The van der Waals surface area contributed by atoms with Gasteiger partial charge in [-0.2, -0.15) is 0 Å². The van der Waals surface area contributed by atoms with Crippen molar-refractivity contribution < 1.29 is 19.7 Å². The average molecular weight is 594 g/mol. The molecule has 0 spiro atoms. The molecule has 11 nitrogen and oxygen atoms in total. The van der Waals surface area contributed by atoms with Crippen molar-refractivity contribution in [3.63, 3.8) is 0 Å². The Labute approximate surface area is 251 Å². The normalized spacial score (nSPS) is 13.0. The number of hydrogen-bond donors (Lipinski definition) is 2. The van der Waals surface area contributed by atoms with Gasteiger partial charge < -0.3 is 24.3 Å². The highest BCUT2D eigenvalue weighted by molar-refractivity contribution is 5.70. The number of aryl methyl sites for hydroxylation is 1. The van der Waals surface area contributed by atoms with Gasteiger partial charge in [0, 0.05) is 26.2 Å². The number of ether oxygens (including phenoxy) is 2. The average Bonchev–Trinajstić information content (AvgIpc) is 3.42. The molecule has 2 aromatic heterocycles. The van der Waals surface area contributed by atoms with Gasteiger partial charge in [-0.1, -0.05) is 55.8 Å². The van der Waals surface area contributed by atoms with Gasteiger partial charge in [-0.25, -0.2) is 9.78 Å². The summed E-state index contributed by atoms with van der Waals surface area (Å²) in [4.78, 5) is 32.1. The first kappa shape index (κ1) is 32.0. The number of rotatable bonds is 17. The number of benzene rings is 2. The number of para-hydroxylation sites is 2. The summed E-state index contributed by atoms with van der Waals surface area (Å²) in [7, 11) is 0. The molecule has 2 atom stereocenters. The number of aromatic nitrogens is 4. The molecule has 0 aliphatic carbocycles. The smallest absolute Gasteiger partial charge is 0.332 e. The maximum atomic E-state index is 13.1. The van der Waals surface area contributed by atoms with E-state index in [1.807, 2.05) is 66.4 Å². The zero-order valence-electron chi connectivity index (χ0n) is 25.3. The highest BCUT2D eigenvalue weighted by atomic mass is 16.5. The predicted molar refractivity (Wildman–Crippen MR) is 166 cm³/mol. The summed E-state index contributed by atoms with van der Waals surface area (Å²) >= 11 is 0. The van der Waals surface area contributed by atoms with Gasteiger partial charge in [-0.05, 0) is 44.5 Å². The third kappa shape index (κ3) is 8.13. The van der Waals surface area contributed by atoms with Gasteiger partial charge in [0.25, 0.3) is 5.56 Å². The van der Waals surface area contributed by atoms with Crippen LogP contribution >= 0.6 is 0 Å². The Morgan fingerprint density at radius 2 is 1.51 bits per heavy atom. The quantitative estimate of drug-likeness (QED) is 0.192. The summed E-state index contributed by atoms with van der Waals surface area (Å²) in [5.74, 6) is 1.15. The Balaban J connectivity index is 1.39. The van der Waals surface area contributed by atoms with E-state index in [0.29, 0.717) is 48.9 Å². The van der Waals surface area contributed by atoms with Crippen LogP contribution in [0.4, 0.5) is 0 Å².